The fraction of sp³-hybridized carbons (Fsp3) is 0.500. The molecular formula is C22H32N4O5S. The summed E-state index contributed by atoms with van der Waals surface area (Å²) in [6.45, 7) is 5.43. The number of ether oxygens (including phenoxy) is 1. The molecule has 0 spiro atoms. The molecule has 0 saturated carbocycles. The minimum Gasteiger partial charge on any atom is -0.395 e. The maximum atomic E-state index is 13.3. The van der Waals surface area contributed by atoms with Gasteiger partial charge in [0.25, 0.3) is 5.91 Å². The standard InChI is InChI=1S/C22H32N4O5S/c1-16-6-8-19(9-7-16)32(29,30)26(18(3)15-27)13-17(2)21(31-5)14-25(4)22(28)20-12-23-10-11-24-20/h6-12,17-18,21,27H,13-15H2,1-5H3/t17-,18-,21-/m0/s1. The van der Waals surface area contributed by atoms with E-state index in [1.165, 1.54) is 34.9 Å². The van der Waals surface area contributed by atoms with Gasteiger partial charge in [-0.3, -0.25) is 9.78 Å². The first kappa shape index (κ1) is 25.9. The van der Waals surface area contributed by atoms with Crippen LogP contribution in [0, 0.1) is 12.8 Å². The predicted molar refractivity (Wildman–Crippen MR) is 121 cm³/mol. The second-order valence-electron chi connectivity index (χ2n) is 7.95. The number of likely N-dealkylation sites (N-methyl/N-ethyl adjacent to an activating group) is 1. The summed E-state index contributed by atoms with van der Waals surface area (Å²) in [4.78, 5) is 22.2. The highest BCUT2D eigenvalue weighted by Gasteiger charge is 2.33. The Kier molecular flexibility index (Phi) is 9.26. The van der Waals surface area contributed by atoms with Gasteiger partial charge < -0.3 is 14.7 Å². The molecule has 1 aromatic carbocycles. The van der Waals surface area contributed by atoms with Gasteiger partial charge in [-0.2, -0.15) is 4.31 Å². The highest BCUT2D eigenvalue weighted by Crippen LogP contribution is 2.22. The average molecular weight is 465 g/mol. The number of carbonyl (C=O) groups excluding carboxylic acids is 1. The second kappa shape index (κ2) is 11.5. The first-order chi connectivity index (χ1) is 15.1. The number of rotatable bonds is 11. The van der Waals surface area contributed by atoms with E-state index in [-0.39, 0.29) is 42.1 Å². The summed E-state index contributed by atoms with van der Waals surface area (Å²) in [6, 6.07) is 5.98. The number of aryl methyl sites for hydroxylation is 1. The lowest BCUT2D eigenvalue weighted by Gasteiger charge is -2.33. The average Bonchev–Trinajstić information content (AvgIpc) is 2.80. The van der Waals surface area contributed by atoms with Gasteiger partial charge in [0.1, 0.15) is 5.69 Å². The van der Waals surface area contributed by atoms with E-state index in [0.717, 1.165) is 5.56 Å². The van der Waals surface area contributed by atoms with Crippen LogP contribution >= 0.6 is 0 Å². The molecule has 0 aliphatic carbocycles. The zero-order valence-corrected chi connectivity index (χ0v) is 20.0. The molecule has 1 amide bonds. The summed E-state index contributed by atoms with van der Waals surface area (Å²) in [7, 11) is -0.679. The molecule has 2 rings (SSSR count). The SMILES string of the molecule is CO[C@@H](CN(C)C(=O)c1cnccn1)[C@@H](C)CN([C@@H](C)CO)S(=O)(=O)c1ccc(C)cc1. The quantitative estimate of drug-likeness (QED) is 0.537. The smallest absolute Gasteiger partial charge is 0.273 e. The van der Waals surface area contributed by atoms with Gasteiger partial charge in [-0.25, -0.2) is 13.4 Å². The van der Waals surface area contributed by atoms with Crippen molar-refractivity contribution in [2.24, 2.45) is 5.92 Å². The van der Waals surface area contributed by atoms with Crippen LogP contribution in [0.3, 0.4) is 0 Å². The third kappa shape index (κ3) is 6.32. The van der Waals surface area contributed by atoms with Gasteiger partial charge in [0, 0.05) is 45.7 Å². The number of carbonyl (C=O) groups is 1. The Bertz CT molecular complexity index is 970. The van der Waals surface area contributed by atoms with Crippen LogP contribution in [0.4, 0.5) is 0 Å². The van der Waals surface area contributed by atoms with Gasteiger partial charge in [-0.15, -0.1) is 0 Å². The lowest BCUT2D eigenvalue weighted by Crippen LogP contribution is -2.47. The van der Waals surface area contributed by atoms with Crippen LogP contribution in [0.25, 0.3) is 0 Å². The van der Waals surface area contributed by atoms with Crippen LogP contribution in [0.15, 0.2) is 47.8 Å². The second-order valence-corrected chi connectivity index (χ2v) is 9.84. The van der Waals surface area contributed by atoms with E-state index in [0.29, 0.717) is 0 Å². The normalized spacial score (nSPS) is 14.7. The van der Waals surface area contributed by atoms with E-state index in [2.05, 4.69) is 9.97 Å². The summed E-state index contributed by atoms with van der Waals surface area (Å²) in [6.07, 6.45) is 3.88. The molecule has 0 aliphatic rings. The fourth-order valence-electron chi connectivity index (χ4n) is 3.30. The molecule has 0 radical (unpaired) electrons. The van der Waals surface area contributed by atoms with Gasteiger partial charge >= 0.3 is 0 Å². The molecular weight excluding hydrogens is 432 g/mol. The van der Waals surface area contributed by atoms with Gasteiger partial charge in [0.2, 0.25) is 10.0 Å². The van der Waals surface area contributed by atoms with Crippen LogP contribution in [-0.4, -0.2) is 84.6 Å². The predicted octanol–water partition coefficient (Wildman–Crippen LogP) is 1.58. The Hall–Kier alpha value is -2.40. The molecule has 1 heterocycles. The first-order valence-corrected chi connectivity index (χ1v) is 11.8. The molecule has 3 atom stereocenters. The maximum Gasteiger partial charge on any atom is 0.273 e. The molecule has 10 heteroatoms. The Balaban J connectivity index is 2.19. The minimum absolute atomic E-state index is 0.115. The number of methoxy groups -OCH3 is 1. The topological polar surface area (TPSA) is 113 Å². The third-order valence-corrected chi connectivity index (χ3v) is 7.37. The van der Waals surface area contributed by atoms with Crippen LogP contribution in [-0.2, 0) is 14.8 Å². The number of aliphatic hydroxyl groups is 1. The van der Waals surface area contributed by atoms with Crippen molar-refractivity contribution in [3.8, 4) is 0 Å². The molecule has 0 fully saturated rings. The van der Waals surface area contributed by atoms with Crippen molar-refractivity contribution in [2.45, 2.75) is 37.8 Å². The molecule has 1 N–H and O–H groups in total. The Morgan fingerprint density at radius 3 is 2.34 bits per heavy atom. The van der Waals surface area contributed by atoms with E-state index in [4.69, 9.17) is 4.74 Å². The van der Waals surface area contributed by atoms with Crippen molar-refractivity contribution < 1.29 is 23.1 Å². The van der Waals surface area contributed by atoms with Crippen molar-refractivity contribution in [1.29, 1.82) is 0 Å². The molecule has 176 valence electrons. The lowest BCUT2D eigenvalue weighted by molar-refractivity contribution is 0.0219. The third-order valence-electron chi connectivity index (χ3n) is 5.37. The molecule has 32 heavy (non-hydrogen) atoms. The number of hydrogen-bond acceptors (Lipinski definition) is 7. The van der Waals surface area contributed by atoms with E-state index < -0.39 is 22.2 Å². The molecule has 0 bridgehead atoms. The van der Waals surface area contributed by atoms with Crippen molar-refractivity contribution in [3.05, 3.63) is 54.1 Å². The van der Waals surface area contributed by atoms with Gasteiger partial charge in [-0.1, -0.05) is 24.6 Å². The van der Waals surface area contributed by atoms with Crippen LogP contribution in [0.5, 0.6) is 0 Å². The number of amides is 1. The van der Waals surface area contributed by atoms with E-state index in [1.54, 1.807) is 38.2 Å². The summed E-state index contributed by atoms with van der Waals surface area (Å²) in [5, 5.41) is 9.71. The lowest BCUT2D eigenvalue weighted by atomic mass is 10.0. The van der Waals surface area contributed by atoms with E-state index in [9.17, 15) is 18.3 Å². The zero-order valence-electron chi connectivity index (χ0n) is 19.2. The van der Waals surface area contributed by atoms with E-state index >= 15 is 0 Å². The van der Waals surface area contributed by atoms with Gasteiger partial charge in [-0.05, 0) is 31.9 Å². The summed E-state index contributed by atoms with van der Waals surface area (Å²) >= 11 is 0. The molecule has 9 nitrogen and oxygen atoms in total. The minimum atomic E-state index is -3.83. The summed E-state index contributed by atoms with van der Waals surface area (Å²) in [5.74, 6) is -0.577. The van der Waals surface area contributed by atoms with E-state index in [1.807, 2.05) is 13.8 Å². The van der Waals surface area contributed by atoms with Crippen molar-refractivity contribution in [2.75, 3.05) is 33.9 Å². The number of sulfonamides is 1. The van der Waals surface area contributed by atoms with Crippen molar-refractivity contribution in [1.82, 2.24) is 19.2 Å². The van der Waals surface area contributed by atoms with Crippen LogP contribution < -0.4 is 0 Å². The monoisotopic (exact) mass is 464 g/mol. The van der Waals surface area contributed by atoms with Gasteiger partial charge in [0.15, 0.2) is 0 Å². The molecule has 0 unspecified atom stereocenters. The van der Waals surface area contributed by atoms with Gasteiger partial charge in [0.05, 0.1) is 23.8 Å². The van der Waals surface area contributed by atoms with Crippen molar-refractivity contribution >= 4 is 15.9 Å². The highest BCUT2D eigenvalue weighted by molar-refractivity contribution is 7.89. The number of nitrogens with zero attached hydrogens (tertiary/aromatic N) is 4. The fourth-order valence-corrected chi connectivity index (χ4v) is 5.02. The Morgan fingerprint density at radius 1 is 1.16 bits per heavy atom. The summed E-state index contributed by atoms with van der Waals surface area (Å²) in [5.41, 5.74) is 1.17. The molecule has 1 aromatic heterocycles. The Morgan fingerprint density at radius 2 is 1.81 bits per heavy atom. The first-order valence-electron chi connectivity index (χ1n) is 10.4. The summed E-state index contributed by atoms with van der Waals surface area (Å²) < 4.78 is 33.5. The number of benzene rings is 1. The molecule has 0 saturated heterocycles. The maximum absolute atomic E-state index is 13.3. The number of hydrogen-bond donors (Lipinski definition) is 1. The largest absolute Gasteiger partial charge is 0.395 e. The molecule has 0 aliphatic heterocycles. The Labute approximate surface area is 190 Å². The molecule has 2 aromatic rings. The van der Waals surface area contributed by atoms with Crippen molar-refractivity contribution in [3.63, 3.8) is 0 Å². The van der Waals surface area contributed by atoms with Crippen LogP contribution in [0.2, 0.25) is 0 Å². The number of aliphatic hydroxyl groups excluding tert-OH is 1. The highest BCUT2D eigenvalue weighted by atomic mass is 32.2. The number of aromatic nitrogens is 2. The van der Waals surface area contributed by atoms with Crippen LogP contribution in [0.1, 0.15) is 29.9 Å². The zero-order chi connectivity index (χ0) is 23.9.